The van der Waals surface area contributed by atoms with Crippen molar-refractivity contribution < 1.29 is 14.3 Å². The van der Waals surface area contributed by atoms with Gasteiger partial charge in [-0.05, 0) is 24.3 Å². The molecule has 0 bridgehead atoms. The summed E-state index contributed by atoms with van der Waals surface area (Å²) in [4.78, 5) is 1.99. The Labute approximate surface area is 130 Å². The van der Waals surface area contributed by atoms with Gasteiger partial charge in [-0.15, -0.1) is 0 Å². The van der Waals surface area contributed by atoms with Crippen molar-refractivity contribution in [2.45, 2.75) is 19.1 Å². The molecular formula is C17H20N2O3. The Balaban J connectivity index is 1.81. The van der Waals surface area contributed by atoms with Crippen molar-refractivity contribution in [1.82, 2.24) is 4.90 Å². The van der Waals surface area contributed by atoms with Gasteiger partial charge in [-0.25, -0.2) is 0 Å². The summed E-state index contributed by atoms with van der Waals surface area (Å²) in [7, 11) is 0. The number of rotatable bonds is 9. The number of aliphatic hydroxyl groups is 1. The smallest absolute Gasteiger partial charge is 0.119 e. The summed E-state index contributed by atoms with van der Waals surface area (Å²) in [6, 6.07) is 15.2. The highest BCUT2D eigenvalue weighted by Crippen LogP contribution is 2.10. The minimum atomic E-state index is -0.631. The van der Waals surface area contributed by atoms with E-state index in [9.17, 15) is 5.11 Å². The molecule has 5 nitrogen and oxygen atoms in total. The average molecular weight is 300 g/mol. The van der Waals surface area contributed by atoms with Gasteiger partial charge in [0, 0.05) is 19.5 Å². The van der Waals surface area contributed by atoms with E-state index in [1.807, 2.05) is 47.4 Å². The molecule has 2 rings (SSSR count). The van der Waals surface area contributed by atoms with Crippen molar-refractivity contribution in [3.05, 3.63) is 54.5 Å². The van der Waals surface area contributed by atoms with Gasteiger partial charge in [-0.3, -0.25) is 4.90 Å². The maximum absolute atomic E-state index is 10.1. The van der Waals surface area contributed by atoms with Gasteiger partial charge in [0.25, 0.3) is 0 Å². The minimum Gasteiger partial charge on any atom is -0.491 e. The van der Waals surface area contributed by atoms with Gasteiger partial charge in [-0.2, -0.15) is 5.26 Å². The molecule has 0 spiro atoms. The van der Waals surface area contributed by atoms with Crippen LogP contribution in [0.25, 0.3) is 0 Å². The highest BCUT2D eigenvalue weighted by Gasteiger charge is 2.14. The van der Waals surface area contributed by atoms with Gasteiger partial charge < -0.3 is 14.3 Å². The van der Waals surface area contributed by atoms with Gasteiger partial charge in [-0.1, -0.05) is 18.2 Å². The van der Waals surface area contributed by atoms with Crippen molar-refractivity contribution in [2.75, 3.05) is 19.7 Å². The predicted octanol–water partition coefficient (Wildman–Crippen LogP) is 2.44. The van der Waals surface area contributed by atoms with Gasteiger partial charge in [0.05, 0.1) is 18.9 Å². The molecule has 0 saturated carbocycles. The molecule has 0 aliphatic heterocycles. The summed E-state index contributed by atoms with van der Waals surface area (Å²) in [5.74, 6) is 1.55. The van der Waals surface area contributed by atoms with E-state index in [1.165, 1.54) is 0 Å². The number of nitrogens with zero attached hydrogens (tertiary/aromatic N) is 2. The van der Waals surface area contributed by atoms with Crippen molar-refractivity contribution in [3.8, 4) is 11.8 Å². The van der Waals surface area contributed by atoms with Crippen LogP contribution in [0.1, 0.15) is 12.2 Å². The van der Waals surface area contributed by atoms with E-state index in [1.54, 1.807) is 6.26 Å². The first kappa shape index (κ1) is 16.1. The molecule has 0 aliphatic rings. The topological polar surface area (TPSA) is 69.6 Å². The summed E-state index contributed by atoms with van der Waals surface area (Å²) in [6.07, 6.45) is 1.40. The third kappa shape index (κ3) is 5.60. The third-order valence-electron chi connectivity index (χ3n) is 3.15. The average Bonchev–Trinajstić information content (AvgIpc) is 3.04. The Morgan fingerprint density at radius 1 is 1.23 bits per heavy atom. The molecule has 0 radical (unpaired) electrons. The van der Waals surface area contributed by atoms with Crippen LogP contribution in [0.15, 0.2) is 53.1 Å². The molecule has 0 saturated heterocycles. The van der Waals surface area contributed by atoms with Crippen molar-refractivity contribution in [2.24, 2.45) is 0 Å². The Hall–Kier alpha value is -2.29. The van der Waals surface area contributed by atoms with Gasteiger partial charge in [0.2, 0.25) is 0 Å². The number of hydrogen-bond donors (Lipinski definition) is 1. The van der Waals surface area contributed by atoms with E-state index in [2.05, 4.69) is 6.07 Å². The number of hydrogen-bond acceptors (Lipinski definition) is 5. The van der Waals surface area contributed by atoms with Crippen molar-refractivity contribution in [1.29, 1.82) is 5.26 Å². The zero-order chi connectivity index (χ0) is 15.6. The van der Waals surface area contributed by atoms with Gasteiger partial charge >= 0.3 is 0 Å². The monoisotopic (exact) mass is 300 g/mol. The highest BCUT2D eigenvalue weighted by molar-refractivity contribution is 5.20. The standard InChI is InChI=1S/C17H20N2O3/c18-9-5-10-19(13-17-8-4-11-21-17)12-15(20)14-22-16-6-2-1-3-7-16/h1-4,6-8,11,15,20H,5,10,12-14H2. The Bertz CT molecular complexity index is 563. The summed E-state index contributed by atoms with van der Waals surface area (Å²) in [5, 5.41) is 18.9. The lowest BCUT2D eigenvalue weighted by atomic mass is 10.3. The van der Waals surface area contributed by atoms with Gasteiger partial charge in [0.1, 0.15) is 24.2 Å². The molecule has 1 atom stereocenters. The van der Waals surface area contributed by atoms with Crippen LogP contribution < -0.4 is 4.74 Å². The number of ether oxygens (including phenoxy) is 1. The molecular weight excluding hydrogens is 280 g/mol. The Kier molecular flexibility index (Phi) is 6.49. The van der Waals surface area contributed by atoms with Crippen LogP contribution in [-0.2, 0) is 6.54 Å². The second-order valence-corrected chi connectivity index (χ2v) is 5.00. The number of para-hydroxylation sites is 1. The summed E-state index contributed by atoms with van der Waals surface area (Å²) >= 11 is 0. The van der Waals surface area contributed by atoms with Crippen LogP contribution in [0, 0.1) is 11.3 Å². The van der Waals surface area contributed by atoms with Crippen LogP contribution in [0.4, 0.5) is 0 Å². The highest BCUT2D eigenvalue weighted by atomic mass is 16.5. The molecule has 1 aromatic carbocycles. The molecule has 1 N–H and O–H groups in total. The lowest BCUT2D eigenvalue weighted by molar-refractivity contribution is 0.0641. The number of aliphatic hydroxyl groups excluding tert-OH is 1. The van der Waals surface area contributed by atoms with E-state index in [0.29, 0.717) is 26.1 Å². The molecule has 0 fully saturated rings. The quantitative estimate of drug-likeness (QED) is 0.770. The van der Waals surface area contributed by atoms with Crippen LogP contribution >= 0.6 is 0 Å². The Morgan fingerprint density at radius 3 is 2.73 bits per heavy atom. The lowest BCUT2D eigenvalue weighted by Crippen LogP contribution is -2.35. The maximum Gasteiger partial charge on any atom is 0.119 e. The molecule has 1 aromatic heterocycles. The van der Waals surface area contributed by atoms with Crippen molar-refractivity contribution >= 4 is 0 Å². The second kappa shape index (κ2) is 8.88. The zero-order valence-electron chi connectivity index (χ0n) is 12.4. The van der Waals surface area contributed by atoms with Crippen molar-refractivity contribution in [3.63, 3.8) is 0 Å². The summed E-state index contributed by atoms with van der Waals surface area (Å²) in [6.45, 7) is 1.79. The van der Waals surface area contributed by atoms with E-state index in [0.717, 1.165) is 11.5 Å². The summed E-state index contributed by atoms with van der Waals surface area (Å²) < 4.78 is 10.9. The number of nitriles is 1. The lowest BCUT2D eigenvalue weighted by Gasteiger charge is -2.23. The predicted molar refractivity (Wildman–Crippen MR) is 82.2 cm³/mol. The fourth-order valence-corrected chi connectivity index (χ4v) is 2.13. The molecule has 5 heteroatoms. The molecule has 22 heavy (non-hydrogen) atoms. The molecule has 0 amide bonds. The molecule has 2 aromatic rings. The van der Waals surface area contributed by atoms with Crippen LogP contribution in [0.5, 0.6) is 5.75 Å². The molecule has 1 unspecified atom stereocenters. The first-order chi connectivity index (χ1) is 10.8. The van der Waals surface area contributed by atoms with E-state index < -0.39 is 6.10 Å². The number of benzene rings is 1. The second-order valence-electron chi connectivity index (χ2n) is 5.00. The molecule has 0 aliphatic carbocycles. The fraction of sp³-hybridized carbons (Fsp3) is 0.353. The Morgan fingerprint density at radius 2 is 2.05 bits per heavy atom. The van der Waals surface area contributed by atoms with Crippen LogP contribution in [-0.4, -0.2) is 35.8 Å². The van der Waals surface area contributed by atoms with Crippen LogP contribution in [0.3, 0.4) is 0 Å². The summed E-state index contributed by atoms with van der Waals surface area (Å²) in [5.41, 5.74) is 0. The van der Waals surface area contributed by atoms with E-state index in [4.69, 9.17) is 14.4 Å². The first-order valence-corrected chi connectivity index (χ1v) is 7.25. The zero-order valence-corrected chi connectivity index (χ0v) is 12.4. The van der Waals surface area contributed by atoms with E-state index in [-0.39, 0.29) is 6.61 Å². The molecule has 1 heterocycles. The first-order valence-electron chi connectivity index (χ1n) is 7.25. The third-order valence-corrected chi connectivity index (χ3v) is 3.15. The fourth-order valence-electron chi connectivity index (χ4n) is 2.13. The minimum absolute atomic E-state index is 0.214. The largest absolute Gasteiger partial charge is 0.491 e. The van der Waals surface area contributed by atoms with Crippen LogP contribution in [0.2, 0.25) is 0 Å². The van der Waals surface area contributed by atoms with Gasteiger partial charge in [0.15, 0.2) is 0 Å². The molecule has 116 valence electrons. The maximum atomic E-state index is 10.1. The normalized spacial score (nSPS) is 12.0. The number of furan rings is 1. The van der Waals surface area contributed by atoms with E-state index >= 15 is 0 Å². The SMILES string of the molecule is N#CCCN(Cc1ccco1)CC(O)COc1ccccc1.